The number of nitrogens with zero attached hydrogens (tertiary/aromatic N) is 1. The first-order valence-corrected chi connectivity index (χ1v) is 4.64. The van der Waals surface area contributed by atoms with Crippen LogP contribution in [0.1, 0.15) is 17.3 Å². The van der Waals surface area contributed by atoms with Crippen LogP contribution in [0.4, 0.5) is 0 Å². The zero-order valence-electron chi connectivity index (χ0n) is 8.94. The smallest absolute Gasteiger partial charge is 0.154 e. The molecule has 4 nitrogen and oxygen atoms in total. The summed E-state index contributed by atoms with van der Waals surface area (Å²) in [5.41, 5.74) is 0.551. The van der Waals surface area contributed by atoms with Gasteiger partial charge in [0.2, 0.25) is 0 Å². The predicted octanol–water partition coefficient (Wildman–Crippen LogP) is 2.17. The highest BCUT2D eigenvalue weighted by atomic mass is 35.5. The minimum Gasteiger partial charge on any atom is -0.356 e. The van der Waals surface area contributed by atoms with Crippen LogP contribution in [0.25, 0.3) is 0 Å². The Morgan fingerprint density at radius 3 is 2.33 bits per heavy atom. The van der Waals surface area contributed by atoms with Gasteiger partial charge in [0.05, 0.1) is 0 Å². The molecule has 0 N–H and O–H groups in total. The Labute approximate surface area is 94.2 Å². The van der Waals surface area contributed by atoms with Crippen molar-refractivity contribution in [3.05, 3.63) is 29.0 Å². The molecule has 0 saturated carbocycles. The number of ether oxygens (including phenoxy) is 2. The second-order valence-electron chi connectivity index (χ2n) is 2.57. The molecule has 0 bridgehead atoms. The summed E-state index contributed by atoms with van der Waals surface area (Å²) >= 11 is 5.45. The van der Waals surface area contributed by atoms with Gasteiger partial charge in [0.1, 0.15) is 11.4 Å². The number of methoxy groups -OCH3 is 2. The van der Waals surface area contributed by atoms with E-state index >= 15 is 0 Å². The van der Waals surface area contributed by atoms with Crippen molar-refractivity contribution in [3.63, 3.8) is 0 Å². The Hall–Kier alpha value is -0.970. The Kier molecular flexibility index (Phi) is 7.81. The molecule has 5 heteroatoms. The first-order chi connectivity index (χ1) is 7.13. The Morgan fingerprint density at radius 2 is 2.07 bits per heavy atom. The number of rotatable bonds is 3. The molecule has 0 aliphatic carbocycles. The summed E-state index contributed by atoms with van der Waals surface area (Å²) in [5, 5.41) is 0.347. The summed E-state index contributed by atoms with van der Waals surface area (Å²) in [6.45, 7) is 1.83. The predicted molar refractivity (Wildman–Crippen MR) is 58.1 cm³/mol. The fourth-order valence-electron chi connectivity index (χ4n) is 0.587. The van der Waals surface area contributed by atoms with Gasteiger partial charge in [0.15, 0.2) is 6.29 Å². The lowest BCUT2D eigenvalue weighted by molar-refractivity contribution is -0.0877. The van der Waals surface area contributed by atoms with E-state index in [-0.39, 0.29) is 6.29 Å². The standard InChI is InChI=1S/C6H4ClNO.C4H10O2/c7-6-3-5(4-9)1-2-8-6;1-4(5-2)6-3/h1-4H;4H,1-3H3. The van der Waals surface area contributed by atoms with Crippen molar-refractivity contribution in [2.45, 2.75) is 13.2 Å². The van der Waals surface area contributed by atoms with E-state index in [0.29, 0.717) is 10.7 Å². The topological polar surface area (TPSA) is 48.4 Å². The lowest BCUT2D eigenvalue weighted by Crippen LogP contribution is -2.05. The van der Waals surface area contributed by atoms with E-state index in [9.17, 15) is 4.79 Å². The van der Waals surface area contributed by atoms with E-state index in [1.807, 2.05) is 6.92 Å². The van der Waals surface area contributed by atoms with Crippen LogP contribution in [0.3, 0.4) is 0 Å². The van der Waals surface area contributed by atoms with Crippen LogP contribution in [0.5, 0.6) is 0 Å². The summed E-state index contributed by atoms with van der Waals surface area (Å²) in [6.07, 6.45) is 2.16. The summed E-state index contributed by atoms with van der Waals surface area (Å²) in [4.78, 5) is 13.8. The molecule has 0 amide bonds. The lowest BCUT2D eigenvalue weighted by atomic mass is 10.3. The molecule has 1 aromatic rings. The van der Waals surface area contributed by atoms with Crippen molar-refractivity contribution < 1.29 is 14.3 Å². The van der Waals surface area contributed by atoms with E-state index in [2.05, 4.69) is 14.5 Å². The van der Waals surface area contributed by atoms with Crippen molar-refractivity contribution in [3.8, 4) is 0 Å². The number of hydrogen-bond donors (Lipinski definition) is 0. The quantitative estimate of drug-likeness (QED) is 0.455. The lowest BCUT2D eigenvalue weighted by Gasteiger charge is -2.03. The average molecular weight is 232 g/mol. The Bertz CT molecular complexity index is 290. The molecule has 0 spiro atoms. The molecule has 1 rings (SSSR count). The van der Waals surface area contributed by atoms with Crippen LogP contribution >= 0.6 is 11.6 Å². The van der Waals surface area contributed by atoms with Gasteiger partial charge >= 0.3 is 0 Å². The SMILES string of the molecule is COC(C)OC.O=Cc1ccnc(Cl)c1. The molecular formula is C10H14ClNO3. The maximum atomic E-state index is 10.1. The average Bonchev–Trinajstić information content (AvgIpc) is 2.28. The fraction of sp³-hybridized carbons (Fsp3) is 0.400. The fourth-order valence-corrected chi connectivity index (χ4v) is 0.769. The molecule has 1 heterocycles. The van der Waals surface area contributed by atoms with Gasteiger partial charge in [-0.25, -0.2) is 4.98 Å². The summed E-state index contributed by atoms with van der Waals surface area (Å²) in [6, 6.07) is 3.10. The second kappa shape index (κ2) is 8.35. The summed E-state index contributed by atoms with van der Waals surface area (Å²) in [7, 11) is 3.21. The van der Waals surface area contributed by atoms with Crippen LogP contribution in [-0.2, 0) is 9.47 Å². The van der Waals surface area contributed by atoms with Crippen LogP contribution in [0.2, 0.25) is 5.15 Å². The minimum atomic E-state index is -0.0648. The Morgan fingerprint density at radius 1 is 1.47 bits per heavy atom. The molecule has 0 aromatic carbocycles. The highest BCUT2D eigenvalue weighted by Crippen LogP contribution is 2.03. The molecule has 1 aromatic heterocycles. The van der Waals surface area contributed by atoms with Gasteiger partial charge in [-0.2, -0.15) is 0 Å². The highest BCUT2D eigenvalue weighted by molar-refractivity contribution is 6.29. The monoisotopic (exact) mass is 231 g/mol. The third-order valence-electron chi connectivity index (χ3n) is 1.55. The molecule has 0 atom stereocenters. The number of carbonyl (C=O) groups is 1. The minimum absolute atomic E-state index is 0.0648. The molecule has 84 valence electrons. The molecular weight excluding hydrogens is 218 g/mol. The van der Waals surface area contributed by atoms with Crippen molar-refractivity contribution in [2.75, 3.05) is 14.2 Å². The third-order valence-corrected chi connectivity index (χ3v) is 1.76. The third kappa shape index (κ3) is 7.02. The first-order valence-electron chi connectivity index (χ1n) is 4.26. The van der Waals surface area contributed by atoms with Gasteiger partial charge in [0.25, 0.3) is 0 Å². The van der Waals surface area contributed by atoms with Gasteiger partial charge in [-0.3, -0.25) is 4.79 Å². The number of aldehydes is 1. The highest BCUT2D eigenvalue weighted by Gasteiger charge is 1.89. The molecule has 0 fully saturated rings. The molecule has 15 heavy (non-hydrogen) atoms. The zero-order valence-corrected chi connectivity index (χ0v) is 9.69. The van der Waals surface area contributed by atoms with E-state index < -0.39 is 0 Å². The number of hydrogen-bond acceptors (Lipinski definition) is 4. The van der Waals surface area contributed by atoms with Crippen LogP contribution < -0.4 is 0 Å². The second-order valence-corrected chi connectivity index (χ2v) is 2.96. The first kappa shape index (κ1) is 14.0. The largest absolute Gasteiger partial charge is 0.356 e. The normalized spacial score (nSPS) is 9.40. The van der Waals surface area contributed by atoms with E-state index in [4.69, 9.17) is 11.6 Å². The van der Waals surface area contributed by atoms with Gasteiger partial charge < -0.3 is 9.47 Å². The van der Waals surface area contributed by atoms with Crippen molar-refractivity contribution in [2.24, 2.45) is 0 Å². The summed E-state index contributed by atoms with van der Waals surface area (Å²) < 4.78 is 9.35. The van der Waals surface area contributed by atoms with Crippen LogP contribution in [0.15, 0.2) is 18.3 Å². The number of aromatic nitrogens is 1. The summed E-state index contributed by atoms with van der Waals surface area (Å²) in [5.74, 6) is 0. The molecule has 0 unspecified atom stereocenters. The van der Waals surface area contributed by atoms with Crippen LogP contribution in [-0.4, -0.2) is 31.8 Å². The van der Waals surface area contributed by atoms with E-state index in [1.54, 1.807) is 20.3 Å². The van der Waals surface area contributed by atoms with Crippen LogP contribution in [0, 0.1) is 0 Å². The van der Waals surface area contributed by atoms with Gasteiger partial charge in [0, 0.05) is 26.0 Å². The molecule has 0 aliphatic rings. The van der Waals surface area contributed by atoms with E-state index in [1.165, 1.54) is 12.3 Å². The van der Waals surface area contributed by atoms with E-state index in [0.717, 1.165) is 6.29 Å². The maximum Gasteiger partial charge on any atom is 0.154 e. The van der Waals surface area contributed by atoms with Crippen molar-refractivity contribution in [1.82, 2.24) is 4.98 Å². The maximum absolute atomic E-state index is 10.1. The van der Waals surface area contributed by atoms with Gasteiger partial charge in [-0.15, -0.1) is 0 Å². The zero-order chi connectivity index (χ0) is 11.7. The molecule has 0 aliphatic heterocycles. The number of carbonyl (C=O) groups excluding carboxylic acids is 1. The van der Waals surface area contributed by atoms with Crippen molar-refractivity contribution in [1.29, 1.82) is 0 Å². The number of pyridine rings is 1. The van der Waals surface area contributed by atoms with Crippen molar-refractivity contribution >= 4 is 17.9 Å². The Balaban J connectivity index is 0.000000288. The van der Waals surface area contributed by atoms with Gasteiger partial charge in [-0.1, -0.05) is 11.6 Å². The molecule has 0 saturated heterocycles. The number of halogens is 1. The van der Waals surface area contributed by atoms with Gasteiger partial charge in [-0.05, 0) is 19.1 Å². The molecule has 0 radical (unpaired) electrons.